The molecule has 1 heterocycles. The standard InChI is InChI=1S/C28H25BrN2O5S/c1-3-35-23-14-20(13-21(29)26(23)36-17-19-10-5-4-6-11-19)15-24-27(33)31(28(34)37-24)16-25(32)30-22-12-8-7-9-18(22)2/h4-15H,3,16-17H2,1-2H3,(H,30,32)/b24-15+. The number of hydrogen-bond acceptors (Lipinski definition) is 6. The van der Waals surface area contributed by atoms with Crippen LogP contribution in [0.25, 0.3) is 6.08 Å². The van der Waals surface area contributed by atoms with Crippen LogP contribution in [0.4, 0.5) is 10.5 Å². The molecule has 1 N–H and O–H groups in total. The van der Waals surface area contributed by atoms with Crippen molar-refractivity contribution in [2.75, 3.05) is 18.5 Å². The number of imide groups is 1. The van der Waals surface area contributed by atoms with E-state index in [0.29, 0.717) is 40.4 Å². The summed E-state index contributed by atoms with van der Waals surface area (Å²) in [6.07, 6.45) is 1.61. The van der Waals surface area contributed by atoms with Gasteiger partial charge in [-0.25, -0.2) is 0 Å². The first kappa shape index (κ1) is 26.5. The van der Waals surface area contributed by atoms with Crippen molar-refractivity contribution in [2.24, 2.45) is 0 Å². The normalized spacial score (nSPS) is 14.2. The van der Waals surface area contributed by atoms with Gasteiger partial charge in [0.1, 0.15) is 13.2 Å². The maximum Gasteiger partial charge on any atom is 0.294 e. The van der Waals surface area contributed by atoms with Crippen molar-refractivity contribution < 1.29 is 23.9 Å². The van der Waals surface area contributed by atoms with E-state index in [-0.39, 0.29) is 11.4 Å². The first-order valence-corrected chi connectivity index (χ1v) is 13.2. The minimum absolute atomic E-state index is 0.223. The van der Waals surface area contributed by atoms with Crippen molar-refractivity contribution in [3.8, 4) is 11.5 Å². The lowest BCUT2D eigenvalue weighted by molar-refractivity contribution is -0.127. The summed E-state index contributed by atoms with van der Waals surface area (Å²) in [5.41, 5.74) is 3.19. The molecule has 0 aliphatic carbocycles. The number of nitrogens with one attached hydrogen (secondary N) is 1. The molecule has 0 bridgehead atoms. The highest BCUT2D eigenvalue weighted by atomic mass is 79.9. The Balaban J connectivity index is 1.49. The number of nitrogens with zero attached hydrogens (tertiary/aromatic N) is 1. The van der Waals surface area contributed by atoms with Gasteiger partial charge in [0, 0.05) is 5.69 Å². The molecular weight excluding hydrogens is 556 g/mol. The Morgan fingerprint density at radius 2 is 1.78 bits per heavy atom. The maximum absolute atomic E-state index is 13.0. The largest absolute Gasteiger partial charge is 0.490 e. The predicted molar refractivity (Wildman–Crippen MR) is 149 cm³/mol. The van der Waals surface area contributed by atoms with Crippen LogP contribution in [0.2, 0.25) is 0 Å². The number of para-hydroxylation sites is 1. The molecule has 37 heavy (non-hydrogen) atoms. The van der Waals surface area contributed by atoms with Crippen molar-refractivity contribution >= 4 is 56.5 Å². The average molecular weight is 581 g/mol. The number of amides is 3. The number of carbonyl (C=O) groups is 3. The Morgan fingerprint density at radius 3 is 2.51 bits per heavy atom. The highest BCUT2D eigenvalue weighted by Crippen LogP contribution is 2.39. The number of aryl methyl sites for hydroxylation is 1. The number of rotatable bonds is 9. The minimum atomic E-state index is -0.520. The van der Waals surface area contributed by atoms with Crippen LogP contribution in [-0.4, -0.2) is 35.1 Å². The zero-order valence-electron chi connectivity index (χ0n) is 20.3. The van der Waals surface area contributed by atoms with E-state index in [2.05, 4.69) is 21.2 Å². The quantitative estimate of drug-likeness (QED) is 0.294. The molecule has 190 valence electrons. The molecule has 1 saturated heterocycles. The van der Waals surface area contributed by atoms with E-state index in [4.69, 9.17) is 9.47 Å². The van der Waals surface area contributed by atoms with Crippen LogP contribution in [0.1, 0.15) is 23.6 Å². The Labute approximate surface area is 228 Å². The highest BCUT2D eigenvalue weighted by Gasteiger charge is 2.36. The lowest BCUT2D eigenvalue weighted by Gasteiger charge is -2.15. The number of anilines is 1. The molecule has 1 aliphatic heterocycles. The van der Waals surface area contributed by atoms with E-state index >= 15 is 0 Å². The zero-order chi connectivity index (χ0) is 26.4. The second-order valence-electron chi connectivity index (χ2n) is 8.17. The van der Waals surface area contributed by atoms with Gasteiger partial charge < -0.3 is 14.8 Å². The number of halogens is 1. The molecular formula is C28H25BrN2O5S. The molecule has 4 rings (SSSR count). The van der Waals surface area contributed by atoms with Gasteiger partial charge in [-0.3, -0.25) is 19.3 Å². The zero-order valence-corrected chi connectivity index (χ0v) is 22.7. The third kappa shape index (κ3) is 6.61. The van der Waals surface area contributed by atoms with Gasteiger partial charge in [-0.1, -0.05) is 48.5 Å². The predicted octanol–water partition coefficient (Wildman–Crippen LogP) is 6.41. The monoisotopic (exact) mass is 580 g/mol. The Hall–Kier alpha value is -3.56. The van der Waals surface area contributed by atoms with Gasteiger partial charge in [0.15, 0.2) is 11.5 Å². The fraction of sp³-hybridized carbons (Fsp3) is 0.179. The van der Waals surface area contributed by atoms with Crippen LogP contribution in [0.5, 0.6) is 11.5 Å². The van der Waals surface area contributed by atoms with Gasteiger partial charge in [0.2, 0.25) is 5.91 Å². The SMILES string of the molecule is CCOc1cc(/C=C2/SC(=O)N(CC(=O)Nc3ccccc3C)C2=O)cc(Br)c1OCc1ccccc1. The summed E-state index contributed by atoms with van der Waals surface area (Å²) in [7, 11) is 0. The highest BCUT2D eigenvalue weighted by molar-refractivity contribution is 9.10. The minimum Gasteiger partial charge on any atom is -0.490 e. The first-order valence-electron chi connectivity index (χ1n) is 11.6. The van der Waals surface area contributed by atoms with Crippen LogP contribution < -0.4 is 14.8 Å². The van der Waals surface area contributed by atoms with Gasteiger partial charge in [-0.05, 0) is 82.5 Å². The molecule has 0 atom stereocenters. The van der Waals surface area contributed by atoms with Crippen molar-refractivity contribution in [1.29, 1.82) is 0 Å². The first-order chi connectivity index (χ1) is 17.9. The third-order valence-corrected chi connectivity index (χ3v) is 6.95. The summed E-state index contributed by atoms with van der Waals surface area (Å²) >= 11 is 4.34. The molecule has 1 fully saturated rings. The summed E-state index contributed by atoms with van der Waals surface area (Å²) in [6, 6.07) is 20.6. The molecule has 1 aliphatic rings. The fourth-order valence-electron chi connectivity index (χ4n) is 3.64. The second-order valence-corrected chi connectivity index (χ2v) is 10.0. The summed E-state index contributed by atoms with van der Waals surface area (Å²) < 4.78 is 12.5. The molecule has 0 radical (unpaired) electrons. The van der Waals surface area contributed by atoms with Gasteiger partial charge in [-0.2, -0.15) is 0 Å². The molecule has 3 aromatic rings. The summed E-state index contributed by atoms with van der Waals surface area (Å²) in [4.78, 5) is 39.2. The Kier molecular flexibility index (Phi) is 8.68. The van der Waals surface area contributed by atoms with Gasteiger partial charge in [0.05, 0.1) is 16.0 Å². The van der Waals surface area contributed by atoms with E-state index in [1.54, 1.807) is 30.3 Å². The van der Waals surface area contributed by atoms with Crippen molar-refractivity contribution in [2.45, 2.75) is 20.5 Å². The van der Waals surface area contributed by atoms with E-state index in [1.807, 2.05) is 56.3 Å². The fourth-order valence-corrected chi connectivity index (χ4v) is 5.05. The Morgan fingerprint density at radius 1 is 1.05 bits per heavy atom. The van der Waals surface area contributed by atoms with E-state index in [0.717, 1.165) is 27.8 Å². The van der Waals surface area contributed by atoms with Crippen LogP contribution in [-0.2, 0) is 16.2 Å². The van der Waals surface area contributed by atoms with Crippen molar-refractivity contribution in [3.05, 3.63) is 92.8 Å². The molecule has 9 heteroatoms. The van der Waals surface area contributed by atoms with Crippen molar-refractivity contribution in [1.82, 2.24) is 4.90 Å². The molecule has 7 nitrogen and oxygen atoms in total. The van der Waals surface area contributed by atoms with Crippen LogP contribution in [0.15, 0.2) is 76.1 Å². The second kappa shape index (κ2) is 12.1. The lowest BCUT2D eigenvalue weighted by atomic mass is 10.1. The van der Waals surface area contributed by atoms with Gasteiger partial charge >= 0.3 is 0 Å². The number of carbonyl (C=O) groups excluding carboxylic acids is 3. The summed E-state index contributed by atoms with van der Waals surface area (Å²) in [5.74, 6) is 0.0901. The molecule has 3 aromatic carbocycles. The van der Waals surface area contributed by atoms with Crippen LogP contribution >= 0.6 is 27.7 Å². The molecule has 0 saturated carbocycles. The summed E-state index contributed by atoms with van der Waals surface area (Å²) in [6.45, 7) is 4.16. The van der Waals surface area contributed by atoms with E-state index in [9.17, 15) is 14.4 Å². The number of thioether (sulfide) groups is 1. The maximum atomic E-state index is 13.0. The van der Waals surface area contributed by atoms with E-state index < -0.39 is 17.1 Å². The molecule has 0 aromatic heterocycles. The molecule has 0 unspecified atom stereocenters. The number of ether oxygens (including phenoxy) is 2. The van der Waals surface area contributed by atoms with Crippen LogP contribution in [0, 0.1) is 6.92 Å². The average Bonchev–Trinajstić information content (AvgIpc) is 3.13. The number of benzene rings is 3. The smallest absolute Gasteiger partial charge is 0.294 e. The molecule has 0 spiro atoms. The Bertz CT molecular complexity index is 1360. The summed E-state index contributed by atoms with van der Waals surface area (Å²) in [5, 5.41) is 2.25. The third-order valence-electron chi connectivity index (χ3n) is 5.45. The van der Waals surface area contributed by atoms with Gasteiger partial charge in [-0.15, -0.1) is 0 Å². The topological polar surface area (TPSA) is 84.9 Å². The number of hydrogen-bond donors (Lipinski definition) is 1. The van der Waals surface area contributed by atoms with E-state index in [1.165, 1.54) is 0 Å². The lowest BCUT2D eigenvalue weighted by Crippen LogP contribution is -2.36. The van der Waals surface area contributed by atoms with Crippen molar-refractivity contribution in [3.63, 3.8) is 0 Å². The molecule has 3 amide bonds. The van der Waals surface area contributed by atoms with Gasteiger partial charge in [0.25, 0.3) is 11.1 Å². The van der Waals surface area contributed by atoms with Crippen LogP contribution in [0.3, 0.4) is 0 Å².